The van der Waals surface area contributed by atoms with E-state index in [0.717, 1.165) is 0 Å². The van der Waals surface area contributed by atoms with Gasteiger partial charge in [-0.1, -0.05) is 12.1 Å². The number of aromatic carboxylic acids is 1. The lowest BCUT2D eigenvalue weighted by molar-refractivity contribution is 0.0695. The van der Waals surface area contributed by atoms with Crippen LogP contribution < -0.4 is 16.2 Å². The smallest absolute Gasteiger partial charge is 0.338 e. The summed E-state index contributed by atoms with van der Waals surface area (Å²) in [6.45, 7) is 0.0581. The number of hydrogen-bond acceptors (Lipinski definition) is 4. The molecule has 0 radical (unpaired) electrons. The summed E-state index contributed by atoms with van der Waals surface area (Å²) in [5.41, 5.74) is 11.9. The number of anilines is 1. The monoisotopic (exact) mass is 286 g/mol. The van der Waals surface area contributed by atoms with E-state index in [-0.39, 0.29) is 17.9 Å². The van der Waals surface area contributed by atoms with Crippen molar-refractivity contribution in [3.05, 3.63) is 59.2 Å². The summed E-state index contributed by atoms with van der Waals surface area (Å²) < 4.78 is 5.50. The van der Waals surface area contributed by atoms with Gasteiger partial charge in [0.15, 0.2) is 0 Å². The highest BCUT2D eigenvalue weighted by atomic mass is 16.5. The maximum atomic E-state index is 11.2. The normalized spacial score (nSPS) is 10.1. The maximum absolute atomic E-state index is 11.2. The number of rotatable bonds is 5. The predicted molar refractivity (Wildman–Crippen MR) is 77.1 cm³/mol. The molecule has 0 aliphatic heterocycles. The van der Waals surface area contributed by atoms with Crippen LogP contribution in [-0.2, 0) is 6.61 Å². The molecule has 2 aromatic rings. The van der Waals surface area contributed by atoms with Gasteiger partial charge in [0.05, 0.1) is 5.56 Å². The van der Waals surface area contributed by atoms with E-state index >= 15 is 0 Å². The van der Waals surface area contributed by atoms with E-state index in [9.17, 15) is 9.59 Å². The minimum Gasteiger partial charge on any atom is -0.489 e. The summed E-state index contributed by atoms with van der Waals surface area (Å²) in [5, 5.41) is 9.15. The Bertz CT molecular complexity index is 681. The molecule has 6 nitrogen and oxygen atoms in total. The molecule has 0 aromatic heterocycles. The second-order valence-corrected chi connectivity index (χ2v) is 4.36. The topological polar surface area (TPSA) is 116 Å². The first-order valence-electron chi connectivity index (χ1n) is 6.12. The number of ether oxygens (including phenoxy) is 1. The molecule has 5 N–H and O–H groups in total. The number of carboxylic acid groups (broad SMARTS) is 1. The fraction of sp³-hybridized carbons (Fsp3) is 0.0667. The Labute approximate surface area is 120 Å². The van der Waals surface area contributed by atoms with E-state index in [2.05, 4.69) is 0 Å². The molecule has 0 aliphatic rings. The van der Waals surface area contributed by atoms with Crippen molar-refractivity contribution >= 4 is 17.6 Å². The second kappa shape index (κ2) is 5.96. The van der Waals surface area contributed by atoms with Gasteiger partial charge in [-0.2, -0.15) is 0 Å². The molecule has 21 heavy (non-hydrogen) atoms. The Hall–Kier alpha value is -3.02. The summed E-state index contributed by atoms with van der Waals surface area (Å²) in [7, 11) is 0. The number of carboxylic acids is 1. The molecule has 1 amide bonds. The molecule has 0 saturated heterocycles. The lowest BCUT2D eigenvalue weighted by Gasteiger charge is -2.10. The lowest BCUT2D eigenvalue weighted by atomic mass is 10.1. The fourth-order valence-corrected chi connectivity index (χ4v) is 1.88. The van der Waals surface area contributed by atoms with Crippen LogP contribution in [0, 0.1) is 0 Å². The highest BCUT2D eigenvalue weighted by molar-refractivity contribution is 5.95. The number of carbonyl (C=O) groups excluding carboxylic acids is 1. The Morgan fingerprint density at radius 1 is 1.10 bits per heavy atom. The Morgan fingerprint density at radius 3 is 2.33 bits per heavy atom. The van der Waals surface area contributed by atoms with E-state index in [4.69, 9.17) is 21.3 Å². The van der Waals surface area contributed by atoms with E-state index in [0.29, 0.717) is 16.9 Å². The fourth-order valence-electron chi connectivity index (χ4n) is 1.88. The number of hydrogen-bond donors (Lipinski definition) is 3. The predicted octanol–water partition coefficient (Wildman–Crippen LogP) is 1.64. The average molecular weight is 286 g/mol. The van der Waals surface area contributed by atoms with Crippen molar-refractivity contribution in [3.63, 3.8) is 0 Å². The van der Waals surface area contributed by atoms with Crippen LogP contribution in [0.15, 0.2) is 42.5 Å². The molecule has 0 bridgehead atoms. The van der Waals surface area contributed by atoms with Gasteiger partial charge in [0.25, 0.3) is 0 Å². The van der Waals surface area contributed by atoms with Crippen molar-refractivity contribution in [3.8, 4) is 5.75 Å². The number of carbonyl (C=O) groups is 2. The van der Waals surface area contributed by atoms with Crippen LogP contribution in [0.3, 0.4) is 0 Å². The third-order valence-corrected chi connectivity index (χ3v) is 2.93. The van der Waals surface area contributed by atoms with Gasteiger partial charge >= 0.3 is 5.97 Å². The van der Waals surface area contributed by atoms with Gasteiger partial charge < -0.3 is 21.3 Å². The van der Waals surface area contributed by atoms with Gasteiger partial charge in [-0.25, -0.2) is 4.79 Å². The number of benzene rings is 2. The second-order valence-electron chi connectivity index (χ2n) is 4.36. The number of primary amides is 1. The third kappa shape index (κ3) is 3.30. The van der Waals surface area contributed by atoms with Crippen molar-refractivity contribution in [1.82, 2.24) is 0 Å². The van der Waals surface area contributed by atoms with Gasteiger partial charge in [-0.05, 0) is 30.3 Å². The first-order chi connectivity index (χ1) is 9.99. The summed E-state index contributed by atoms with van der Waals surface area (Å²) in [6.07, 6.45) is 0. The molecule has 0 unspecified atom stereocenters. The molecule has 0 saturated carbocycles. The summed E-state index contributed by atoms with van der Waals surface area (Å²) in [5.74, 6) is -1.12. The Morgan fingerprint density at radius 2 is 1.76 bits per heavy atom. The molecule has 0 aliphatic carbocycles. The zero-order chi connectivity index (χ0) is 15.4. The molecular formula is C15H14N2O4. The zero-order valence-corrected chi connectivity index (χ0v) is 11.1. The minimum atomic E-state index is -1.10. The molecule has 2 aromatic carbocycles. The summed E-state index contributed by atoms with van der Waals surface area (Å²) in [6, 6.07) is 11.1. The van der Waals surface area contributed by atoms with Gasteiger partial charge in [0.2, 0.25) is 5.91 Å². The van der Waals surface area contributed by atoms with Gasteiger partial charge in [-0.15, -0.1) is 0 Å². The van der Waals surface area contributed by atoms with E-state index < -0.39 is 11.9 Å². The van der Waals surface area contributed by atoms with Crippen LogP contribution in [0.2, 0.25) is 0 Å². The average Bonchev–Trinajstić information content (AvgIpc) is 2.45. The van der Waals surface area contributed by atoms with Crippen LogP contribution in [0.5, 0.6) is 5.75 Å². The number of nitrogens with two attached hydrogens (primary N) is 2. The van der Waals surface area contributed by atoms with E-state index in [1.807, 2.05) is 0 Å². The van der Waals surface area contributed by atoms with Gasteiger partial charge in [0.1, 0.15) is 12.4 Å². The van der Waals surface area contributed by atoms with Crippen molar-refractivity contribution in [2.45, 2.75) is 6.61 Å². The molecule has 0 atom stereocenters. The van der Waals surface area contributed by atoms with E-state index in [1.165, 1.54) is 18.2 Å². The molecule has 0 fully saturated rings. The summed E-state index contributed by atoms with van der Waals surface area (Å²) in [4.78, 5) is 22.1. The molecule has 0 heterocycles. The zero-order valence-electron chi connectivity index (χ0n) is 11.1. The number of nitrogen functional groups attached to an aromatic ring is 1. The van der Waals surface area contributed by atoms with Crippen molar-refractivity contribution < 1.29 is 19.4 Å². The van der Waals surface area contributed by atoms with Crippen LogP contribution in [-0.4, -0.2) is 17.0 Å². The molecule has 6 heteroatoms. The molecule has 2 rings (SSSR count). The molecule has 108 valence electrons. The van der Waals surface area contributed by atoms with Crippen LogP contribution in [0.1, 0.15) is 26.3 Å². The summed E-state index contributed by atoms with van der Waals surface area (Å²) >= 11 is 0. The minimum absolute atomic E-state index is 0.0336. The molecular weight excluding hydrogens is 272 g/mol. The highest BCUT2D eigenvalue weighted by Gasteiger charge is 2.14. The highest BCUT2D eigenvalue weighted by Crippen LogP contribution is 2.20. The maximum Gasteiger partial charge on any atom is 0.338 e. The third-order valence-electron chi connectivity index (χ3n) is 2.93. The van der Waals surface area contributed by atoms with Crippen molar-refractivity contribution in [2.75, 3.05) is 5.73 Å². The van der Waals surface area contributed by atoms with E-state index in [1.54, 1.807) is 24.3 Å². The van der Waals surface area contributed by atoms with Crippen molar-refractivity contribution in [2.24, 2.45) is 5.73 Å². The Balaban J connectivity index is 2.15. The standard InChI is InChI=1S/C15H14N2O4/c16-12-3-1-2-10(13(12)15(19)20)8-21-11-6-4-9(5-7-11)14(17)18/h1-7H,8,16H2,(H2,17,18)(H,19,20). The van der Waals surface area contributed by atoms with Crippen LogP contribution >= 0.6 is 0 Å². The van der Waals surface area contributed by atoms with Gasteiger partial charge in [0, 0.05) is 16.8 Å². The number of amides is 1. The van der Waals surface area contributed by atoms with Crippen LogP contribution in [0.25, 0.3) is 0 Å². The van der Waals surface area contributed by atoms with Crippen molar-refractivity contribution in [1.29, 1.82) is 0 Å². The lowest BCUT2D eigenvalue weighted by Crippen LogP contribution is -2.11. The Kier molecular flexibility index (Phi) is 4.08. The first-order valence-corrected chi connectivity index (χ1v) is 6.12. The SMILES string of the molecule is NC(=O)c1ccc(OCc2cccc(N)c2C(=O)O)cc1. The van der Waals surface area contributed by atoms with Crippen LogP contribution in [0.4, 0.5) is 5.69 Å². The molecule has 0 spiro atoms. The largest absolute Gasteiger partial charge is 0.489 e. The van der Waals surface area contributed by atoms with Gasteiger partial charge in [-0.3, -0.25) is 4.79 Å². The quantitative estimate of drug-likeness (QED) is 0.723. The first kappa shape index (κ1) is 14.4.